The minimum Gasteiger partial charge on any atom is -0.378 e. The smallest absolute Gasteiger partial charge is 0.251 e. The van der Waals surface area contributed by atoms with Gasteiger partial charge in [-0.3, -0.25) is 9.59 Å². The molecule has 116 valence electrons. The summed E-state index contributed by atoms with van der Waals surface area (Å²) in [6.45, 7) is 7.25. The van der Waals surface area contributed by atoms with Crippen molar-refractivity contribution in [3.63, 3.8) is 0 Å². The maximum Gasteiger partial charge on any atom is 0.251 e. The first kappa shape index (κ1) is 17.2. The molecule has 0 heterocycles. The minimum absolute atomic E-state index is 0.0385. The van der Waals surface area contributed by atoms with Crippen molar-refractivity contribution < 1.29 is 14.3 Å². The fourth-order valence-electron chi connectivity index (χ4n) is 1.71. The predicted octanol–water partition coefficient (Wildman–Crippen LogP) is 1.87. The molecule has 0 unspecified atom stereocenters. The van der Waals surface area contributed by atoms with Crippen LogP contribution in [-0.4, -0.2) is 31.1 Å². The van der Waals surface area contributed by atoms with Gasteiger partial charge in [0.1, 0.15) is 0 Å². The Morgan fingerprint density at radius 3 is 2.38 bits per heavy atom. The van der Waals surface area contributed by atoms with E-state index in [-0.39, 0.29) is 17.9 Å². The standard InChI is InChI=1S/C16H24N2O3/c1-4-17-16(20)14-7-5-13(6-8-14)11-18-15(19)9-10-21-12(2)3/h5-8,12H,4,9-11H2,1-3H3,(H,17,20)(H,18,19). The van der Waals surface area contributed by atoms with Gasteiger partial charge < -0.3 is 15.4 Å². The minimum atomic E-state index is -0.0843. The lowest BCUT2D eigenvalue weighted by Crippen LogP contribution is -2.25. The second kappa shape index (κ2) is 9.13. The van der Waals surface area contributed by atoms with Crippen molar-refractivity contribution in [2.24, 2.45) is 0 Å². The number of ether oxygens (including phenoxy) is 1. The monoisotopic (exact) mass is 292 g/mol. The topological polar surface area (TPSA) is 67.4 Å². The highest BCUT2D eigenvalue weighted by Crippen LogP contribution is 2.04. The Balaban J connectivity index is 2.35. The lowest BCUT2D eigenvalue weighted by atomic mass is 10.1. The molecule has 2 N–H and O–H groups in total. The summed E-state index contributed by atoms with van der Waals surface area (Å²) >= 11 is 0. The Hall–Kier alpha value is -1.88. The summed E-state index contributed by atoms with van der Waals surface area (Å²) in [4.78, 5) is 23.2. The molecule has 0 aliphatic rings. The molecule has 1 aromatic carbocycles. The van der Waals surface area contributed by atoms with Crippen LogP contribution >= 0.6 is 0 Å². The van der Waals surface area contributed by atoms with Gasteiger partial charge in [0, 0.05) is 25.1 Å². The maximum atomic E-state index is 11.6. The molecular weight excluding hydrogens is 268 g/mol. The zero-order valence-corrected chi connectivity index (χ0v) is 12.9. The number of hydrogen-bond acceptors (Lipinski definition) is 3. The lowest BCUT2D eigenvalue weighted by Gasteiger charge is -2.08. The Morgan fingerprint density at radius 2 is 1.81 bits per heavy atom. The number of rotatable bonds is 8. The van der Waals surface area contributed by atoms with Crippen LogP contribution < -0.4 is 10.6 Å². The van der Waals surface area contributed by atoms with E-state index >= 15 is 0 Å². The van der Waals surface area contributed by atoms with Crippen LogP contribution in [-0.2, 0) is 16.1 Å². The van der Waals surface area contributed by atoms with Gasteiger partial charge in [-0.25, -0.2) is 0 Å². The average molecular weight is 292 g/mol. The number of carbonyl (C=O) groups excluding carboxylic acids is 2. The van der Waals surface area contributed by atoms with E-state index in [1.54, 1.807) is 12.1 Å². The molecule has 21 heavy (non-hydrogen) atoms. The van der Waals surface area contributed by atoms with Crippen LogP contribution in [0.2, 0.25) is 0 Å². The maximum absolute atomic E-state index is 11.6. The van der Waals surface area contributed by atoms with E-state index in [0.717, 1.165) is 5.56 Å². The second-order valence-electron chi connectivity index (χ2n) is 5.00. The molecule has 1 aromatic rings. The molecule has 0 radical (unpaired) electrons. The van der Waals surface area contributed by atoms with Crippen molar-refractivity contribution >= 4 is 11.8 Å². The number of hydrogen-bond donors (Lipinski definition) is 2. The Kier molecular flexibility index (Phi) is 7.46. The number of amides is 2. The van der Waals surface area contributed by atoms with Crippen LogP contribution in [0, 0.1) is 0 Å². The lowest BCUT2D eigenvalue weighted by molar-refractivity contribution is -0.122. The third-order valence-corrected chi connectivity index (χ3v) is 2.82. The summed E-state index contributed by atoms with van der Waals surface area (Å²) < 4.78 is 5.32. The average Bonchev–Trinajstić information content (AvgIpc) is 2.45. The first-order valence-electron chi connectivity index (χ1n) is 7.28. The van der Waals surface area contributed by atoms with E-state index in [1.165, 1.54) is 0 Å². The van der Waals surface area contributed by atoms with Crippen molar-refractivity contribution in [2.75, 3.05) is 13.2 Å². The van der Waals surface area contributed by atoms with Gasteiger partial charge in [0.25, 0.3) is 5.91 Å². The second-order valence-corrected chi connectivity index (χ2v) is 5.00. The summed E-state index contributed by atoms with van der Waals surface area (Å²) in [7, 11) is 0. The normalized spacial score (nSPS) is 10.5. The highest BCUT2D eigenvalue weighted by molar-refractivity contribution is 5.94. The van der Waals surface area contributed by atoms with Crippen LogP contribution in [0.15, 0.2) is 24.3 Å². The summed E-state index contributed by atoms with van der Waals surface area (Å²) in [5.41, 5.74) is 1.58. The van der Waals surface area contributed by atoms with Crippen molar-refractivity contribution in [1.29, 1.82) is 0 Å². The number of nitrogens with one attached hydrogen (secondary N) is 2. The zero-order chi connectivity index (χ0) is 15.7. The van der Waals surface area contributed by atoms with Crippen LogP contribution in [0.5, 0.6) is 0 Å². The summed E-state index contributed by atoms with van der Waals surface area (Å²) in [5, 5.41) is 5.57. The molecule has 0 aliphatic heterocycles. The van der Waals surface area contributed by atoms with Gasteiger partial charge in [0.2, 0.25) is 5.91 Å². The van der Waals surface area contributed by atoms with Crippen molar-refractivity contribution in [3.05, 3.63) is 35.4 Å². The highest BCUT2D eigenvalue weighted by Gasteiger charge is 2.05. The van der Waals surface area contributed by atoms with E-state index in [4.69, 9.17) is 4.74 Å². The van der Waals surface area contributed by atoms with Gasteiger partial charge in [-0.2, -0.15) is 0 Å². The Labute approximate surface area is 126 Å². The van der Waals surface area contributed by atoms with E-state index in [1.807, 2.05) is 32.9 Å². The van der Waals surface area contributed by atoms with Gasteiger partial charge in [-0.05, 0) is 38.5 Å². The molecule has 0 atom stereocenters. The highest BCUT2D eigenvalue weighted by atomic mass is 16.5. The van der Waals surface area contributed by atoms with Crippen LogP contribution in [0.1, 0.15) is 43.1 Å². The quantitative estimate of drug-likeness (QED) is 0.768. The van der Waals surface area contributed by atoms with E-state index in [0.29, 0.717) is 31.7 Å². The van der Waals surface area contributed by atoms with E-state index in [2.05, 4.69) is 10.6 Å². The molecule has 0 aromatic heterocycles. The molecule has 0 bridgehead atoms. The first-order chi connectivity index (χ1) is 10.0. The van der Waals surface area contributed by atoms with Gasteiger partial charge in [0.15, 0.2) is 0 Å². The fraction of sp³-hybridized carbons (Fsp3) is 0.500. The molecule has 2 amide bonds. The third-order valence-electron chi connectivity index (χ3n) is 2.82. The van der Waals surface area contributed by atoms with E-state index in [9.17, 15) is 9.59 Å². The summed E-state index contributed by atoms with van der Waals surface area (Å²) in [5.74, 6) is -0.123. The molecule has 0 fully saturated rings. The molecule has 0 saturated carbocycles. The van der Waals surface area contributed by atoms with Gasteiger partial charge in [-0.15, -0.1) is 0 Å². The van der Waals surface area contributed by atoms with Crippen LogP contribution in [0.3, 0.4) is 0 Å². The summed E-state index contributed by atoms with van der Waals surface area (Å²) in [6.07, 6.45) is 0.495. The molecular formula is C16H24N2O3. The van der Waals surface area contributed by atoms with Crippen molar-refractivity contribution in [3.8, 4) is 0 Å². The molecule has 1 rings (SSSR count). The first-order valence-corrected chi connectivity index (χ1v) is 7.28. The number of benzene rings is 1. The fourth-order valence-corrected chi connectivity index (χ4v) is 1.71. The Bertz CT molecular complexity index is 455. The zero-order valence-electron chi connectivity index (χ0n) is 12.9. The largest absolute Gasteiger partial charge is 0.378 e. The molecule has 0 saturated heterocycles. The molecule has 5 heteroatoms. The van der Waals surface area contributed by atoms with Crippen LogP contribution in [0.25, 0.3) is 0 Å². The SMILES string of the molecule is CCNC(=O)c1ccc(CNC(=O)CCOC(C)C)cc1. The molecule has 5 nitrogen and oxygen atoms in total. The Morgan fingerprint density at radius 1 is 1.14 bits per heavy atom. The van der Waals surface area contributed by atoms with Gasteiger partial charge in [-0.1, -0.05) is 12.1 Å². The third kappa shape index (κ3) is 6.90. The predicted molar refractivity (Wildman–Crippen MR) is 82.0 cm³/mol. The van der Waals surface area contributed by atoms with Gasteiger partial charge in [0.05, 0.1) is 12.7 Å². The molecule has 0 spiro atoms. The summed E-state index contributed by atoms with van der Waals surface area (Å²) in [6, 6.07) is 7.20. The van der Waals surface area contributed by atoms with Crippen molar-refractivity contribution in [1.82, 2.24) is 10.6 Å². The number of carbonyl (C=O) groups is 2. The van der Waals surface area contributed by atoms with Crippen LogP contribution in [0.4, 0.5) is 0 Å². The molecule has 0 aliphatic carbocycles. The van der Waals surface area contributed by atoms with Gasteiger partial charge >= 0.3 is 0 Å². The van der Waals surface area contributed by atoms with Crippen molar-refractivity contribution in [2.45, 2.75) is 39.8 Å². The van der Waals surface area contributed by atoms with E-state index < -0.39 is 0 Å².